The number of ether oxygens (including phenoxy) is 2. The van der Waals surface area contributed by atoms with Crippen LogP contribution in [0.15, 0.2) is 30.3 Å². The topological polar surface area (TPSA) is 67.9 Å². The fraction of sp³-hybridized carbons (Fsp3) is 0.400. The van der Waals surface area contributed by atoms with Crippen molar-refractivity contribution >= 4 is 40.6 Å². The van der Waals surface area contributed by atoms with Gasteiger partial charge in [-0.2, -0.15) is 0 Å². The van der Waals surface area contributed by atoms with Gasteiger partial charge in [-0.15, -0.1) is 23.7 Å². The van der Waals surface area contributed by atoms with Crippen molar-refractivity contribution in [2.75, 3.05) is 25.6 Å². The highest BCUT2D eigenvalue weighted by Crippen LogP contribution is 2.38. The average molecular weight is 425 g/mol. The SMILES string of the molecule is COC(=O)c1c(NC(=O)COc2ccccc2)sc2c1CCN(C(C)C)C2.Cl. The first-order chi connectivity index (χ1) is 13.0. The molecule has 0 saturated heterocycles. The van der Waals surface area contributed by atoms with Crippen molar-refractivity contribution in [3.05, 3.63) is 46.3 Å². The van der Waals surface area contributed by atoms with Crippen LogP contribution in [0.2, 0.25) is 0 Å². The summed E-state index contributed by atoms with van der Waals surface area (Å²) in [6, 6.07) is 9.58. The van der Waals surface area contributed by atoms with Gasteiger partial charge < -0.3 is 14.8 Å². The Balaban J connectivity index is 0.00000280. The van der Waals surface area contributed by atoms with Crippen molar-refractivity contribution in [2.45, 2.75) is 32.9 Å². The first kappa shape index (κ1) is 22.2. The first-order valence-corrected chi connectivity index (χ1v) is 9.75. The highest BCUT2D eigenvalue weighted by atomic mass is 35.5. The molecular weight excluding hydrogens is 400 g/mol. The Labute approximate surface area is 175 Å². The Bertz CT molecular complexity index is 823. The van der Waals surface area contributed by atoms with E-state index < -0.39 is 5.97 Å². The monoisotopic (exact) mass is 424 g/mol. The number of thiophene rings is 1. The zero-order valence-electron chi connectivity index (χ0n) is 16.2. The third-order valence-corrected chi connectivity index (χ3v) is 5.70. The van der Waals surface area contributed by atoms with Gasteiger partial charge in [-0.25, -0.2) is 4.79 Å². The predicted molar refractivity (Wildman–Crippen MR) is 113 cm³/mol. The molecule has 0 atom stereocenters. The number of carbonyl (C=O) groups is 2. The summed E-state index contributed by atoms with van der Waals surface area (Å²) in [5.74, 6) is -0.0908. The van der Waals surface area contributed by atoms with Gasteiger partial charge in [0.05, 0.1) is 12.7 Å². The van der Waals surface area contributed by atoms with Crippen molar-refractivity contribution < 1.29 is 19.1 Å². The number of fused-ring (bicyclic) bond motifs is 1. The van der Waals surface area contributed by atoms with E-state index in [1.54, 1.807) is 12.1 Å². The van der Waals surface area contributed by atoms with Crippen molar-refractivity contribution in [1.29, 1.82) is 0 Å². The molecule has 3 rings (SSSR count). The van der Waals surface area contributed by atoms with Crippen LogP contribution in [0.3, 0.4) is 0 Å². The normalized spacial score (nSPS) is 13.4. The van der Waals surface area contributed by atoms with Crippen LogP contribution < -0.4 is 10.1 Å². The Morgan fingerprint density at radius 2 is 1.96 bits per heavy atom. The maximum atomic E-state index is 12.3. The van der Waals surface area contributed by atoms with Crippen LogP contribution in [-0.4, -0.2) is 43.1 Å². The van der Waals surface area contributed by atoms with Gasteiger partial charge in [0.25, 0.3) is 5.91 Å². The van der Waals surface area contributed by atoms with Crippen LogP contribution >= 0.6 is 23.7 Å². The second-order valence-electron chi connectivity index (χ2n) is 6.66. The maximum Gasteiger partial charge on any atom is 0.341 e. The molecule has 0 aliphatic carbocycles. The minimum absolute atomic E-state index is 0. The van der Waals surface area contributed by atoms with Crippen molar-refractivity contribution in [3.63, 3.8) is 0 Å². The Hall–Kier alpha value is -2.09. The standard InChI is InChI=1S/C20H24N2O4S.ClH/c1-13(2)22-10-9-15-16(11-22)27-19(18(15)20(24)25-3)21-17(23)12-26-14-7-5-4-6-8-14;/h4-8,13H,9-12H2,1-3H3,(H,21,23);1H. The number of hydrogen-bond donors (Lipinski definition) is 1. The molecule has 0 radical (unpaired) electrons. The third-order valence-electron chi connectivity index (χ3n) is 4.57. The number of hydrogen-bond acceptors (Lipinski definition) is 6. The lowest BCUT2D eigenvalue weighted by Crippen LogP contribution is -2.35. The summed E-state index contributed by atoms with van der Waals surface area (Å²) in [7, 11) is 1.36. The van der Waals surface area contributed by atoms with Crippen LogP contribution in [0.5, 0.6) is 5.75 Å². The smallest absolute Gasteiger partial charge is 0.341 e. The van der Waals surface area contributed by atoms with Crippen LogP contribution in [0.1, 0.15) is 34.6 Å². The van der Waals surface area contributed by atoms with Gasteiger partial charge in [0, 0.05) is 24.0 Å². The number of rotatable bonds is 6. The number of para-hydroxylation sites is 1. The zero-order valence-corrected chi connectivity index (χ0v) is 17.8. The second-order valence-corrected chi connectivity index (χ2v) is 7.77. The summed E-state index contributed by atoms with van der Waals surface area (Å²) in [5.41, 5.74) is 1.47. The highest BCUT2D eigenvalue weighted by molar-refractivity contribution is 7.17. The van der Waals surface area contributed by atoms with E-state index in [4.69, 9.17) is 9.47 Å². The van der Waals surface area contributed by atoms with Crippen molar-refractivity contribution in [2.24, 2.45) is 0 Å². The number of nitrogens with zero attached hydrogens (tertiary/aromatic N) is 1. The molecule has 0 fully saturated rings. The van der Waals surface area contributed by atoms with Crippen LogP contribution in [-0.2, 0) is 22.5 Å². The van der Waals surface area contributed by atoms with Gasteiger partial charge in [-0.3, -0.25) is 9.69 Å². The molecule has 28 heavy (non-hydrogen) atoms. The molecule has 1 aliphatic rings. The maximum absolute atomic E-state index is 12.3. The molecule has 0 spiro atoms. The number of benzene rings is 1. The molecule has 2 aromatic rings. The number of halogens is 1. The molecule has 0 saturated carbocycles. The van der Waals surface area contributed by atoms with Gasteiger partial charge >= 0.3 is 5.97 Å². The molecule has 1 aromatic heterocycles. The van der Waals surface area contributed by atoms with Gasteiger partial charge in [0.1, 0.15) is 10.8 Å². The molecule has 1 aromatic carbocycles. The number of nitrogens with one attached hydrogen (secondary N) is 1. The first-order valence-electron chi connectivity index (χ1n) is 8.94. The highest BCUT2D eigenvalue weighted by Gasteiger charge is 2.29. The van der Waals surface area contributed by atoms with E-state index in [2.05, 4.69) is 24.1 Å². The van der Waals surface area contributed by atoms with E-state index in [-0.39, 0.29) is 24.9 Å². The number of methoxy groups -OCH3 is 1. The van der Waals surface area contributed by atoms with Gasteiger partial charge in [-0.05, 0) is 38.0 Å². The lowest BCUT2D eigenvalue weighted by Gasteiger charge is -2.30. The van der Waals surface area contributed by atoms with E-state index in [9.17, 15) is 9.59 Å². The van der Waals surface area contributed by atoms with E-state index in [1.807, 2.05) is 18.2 Å². The molecule has 0 bridgehead atoms. The molecule has 1 aliphatic heterocycles. The van der Waals surface area contributed by atoms with E-state index >= 15 is 0 Å². The molecule has 8 heteroatoms. The van der Waals surface area contributed by atoms with Crippen molar-refractivity contribution in [3.8, 4) is 5.75 Å². The zero-order chi connectivity index (χ0) is 19.4. The Morgan fingerprint density at radius 1 is 1.25 bits per heavy atom. The van der Waals surface area contributed by atoms with Crippen molar-refractivity contribution in [1.82, 2.24) is 4.90 Å². The van der Waals surface area contributed by atoms with E-state index in [1.165, 1.54) is 18.4 Å². The van der Waals surface area contributed by atoms with Gasteiger partial charge in [0.15, 0.2) is 6.61 Å². The molecule has 0 unspecified atom stereocenters. The summed E-state index contributed by atoms with van der Waals surface area (Å²) in [5, 5.41) is 3.37. The Kier molecular flexibility index (Phi) is 7.86. The molecule has 6 nitrogen and oxygen atoms in total. The number of amides is 1. The van der Waals surface area contributed by atoms with Crippen LogP contribution in [0.25, 0.3) is 0 Å². The van der Waals surface area contributed by atoms with E-state index in [0.717, 1.165) is 30.0 Å². The summed E-state index contributed by atoms with van der Waals surface area (Å²) >= 11 is 1.45. The number of anilines is 1. The average Bonchev–Trinajstić information content (AvgIpc) is 3.03. The van der Waals surface area contributed by atoms with Gasteiger partial charge in [0.2, 0.25) is 0 Å². The number of esters is 1. The second kappa shape index (κ2) is 9.91. The summed E-state index contributed by atoms with van der Waals surface area (Å²) in [4.78, 5) is 28.1. The molecule has 1 amide bonds. The predicted octanol–water partition coefficient (Wildman–Crippen LogP) is 3.74. The molecular formula is C20H25ClN2O4S. The summed E-state index contributed by atoms with van der Waals surface area (Å²) in [6.45, 7) is 5.85. The minimum Gasteiger partial charge on any atom is -0.484 e. The quantitative estimate of drug-likeness (QED) is 0.715. The lowest BCUT2D eigenvalue weighted by atomic mass is 10.0. The van der Waals surface area contributed by atoms with Gasteiger partial charge in [-0.1, -0.05) is 18.2 Å². The van der Waals surface area contributed by atoms with Crippen LogP contribution in [0, 0.1) is 0 Å². The molecule has 152 valence electrons. The lowest BCUT2D eigenvalue weighted by molar-refractivity contribution is -0.118. The van der Waals surface area contributed by atoms with E-state index in [0.29, 0.717) is 22.4 Å². The minimum atomic E-state index is -0.412. The fourth-order valence-corrected chi connectivity index (χ4v) is 4.38. The third kappa shape index (κ3) is 5.04. The molecule has 2 heterocycles. The summed E-state index contributed by atoms with van der Waals surface area (Å²) in [6.07, 6.45) is 0.769. The fourth-order valence-electron chi connectivity index (χ4n) is 3.10. The number of carbonyl (C=O) groups excluding carboxylic acids is 2. The Morgan fingerprint density at radius 3 is 2.61 bits per heavy atom. The van der Waals surface area contributed by atoms with Crippen LogP contribution in [0.4, 0.5) is 5.00 Å². The largest absolute Gasteiger partial charge is 0.484 e. The summed E-state index contributed by atoms with van der Waals surface area (Å²) < 4.78 is 10.4. The molecule has 1 N–H and O–H groups in total.